The summed E-state index contributed by atoms with van der Waals surface area (Å²) in [4.78, 5) is 70.5. The van der Waals surface area contributed by atoms with Crippen molar-refractivity contribution in [2.24, 2.45) is 7.05 Å². The number of rotatable bonds is 9. The number of esters is 1. The number of ether oxygens (including phenoxy) is 2. The minimum Gasteiger partial charge on any atom is -0.481 e. The number of aromatic amines is 1. The zero-order chi connectivity index (χ0) is 67.9. The number of carbonyl (C=O) groups is 1. The zero-order valence-electron chi connectivity index (χ0n) is 55.5. The second-order valence-electron chi connectivity index (χ2n) is 22.2. The Kier molecular flexibility index (Phi) is 23.6. The lowest BCUT2D eigenvalue weighted by Crippen LogP contribution is -2.10. The predicted octanol–water partition coefficient (Wildman–Crippen LogP) is 15.5. The van der Waals surface area contributed by atoms with Crippen LogP contribution in [0.15, 0.2) is 248 Å². The van der Waals surface area contributed by atoms with Crippen molar-refractivity contribution < 1.29 is 14.3 Å². The van der Waals surface area contributed by atoms with Gasteiger partial charge in [-0.25, -0.2) is 19.7 Å². The van der Waals surface area contributed by atoms with Gasteiger partial charge in [-0.15, -0.1) is 0 Å². The van der Waals surface area contributed by atoms with Crippen LogP contribution >= 0.6 is 0 Å². The summed E-state index contributed by atoms with van der Waals surface area (Å²) < 4.78 is 11.5. The van der Waals surface area contributed by atoms with Crippen LogP contribution in [0.1, 0.15) is 44.7 Å². The van der Waals surface area contributed by atoms with Crippen LogP contribution in [0.5, 0.6) is 5.88 Å². The molecule has 18 heteroatoms. The number of aryl methyl sites for hydroxylation is 7. The van der Waals surface area contributed by atoms with Gasteiger partial charge in [0.05, 0.1) is 60.1 Å². The number of anilines is 1. The molecule has 0 atom stereocenters. The van der Waals surface area contributed by atoms with Gasteiger partial charge in [-0.2, -0.15) is 5.10 Å². The molecule has 0 unspecified atom stereocenters. The molecule has 0 saturated carbocycles. The van der Waals surface area contributed by atoms with Gasteiger partial charge in [-0.1, -0.05) is 48.5 Å². The third kappa shape index (κ3) is 19.4. The van der Waals surface area contributed by atoms with Gasteiger partial charge in [0, 0.05) is 143 Å². The van der Waals surface area contributed by atoms with Crippen LogP contribution in [0, 0.1) is 41.5 Å². The van der Waals surface area contributed by atoms with E-state index in [4.69, 9.17) is 4.74 Å². The summed E-state index contributed by atoms with van der Waals surface area (Å²) in [7, 11) is 8.85. The largest absolute Gasteiger partial charge is 0.481 e. The fourth-order valence-corrected chi connectivity index (χ4v) is 9.60. The molecule has 0 aliphatic heterocycles. The van der Waals surface area contributed by atoms with Gasteiger partial charge in [0.25, 0.3) is 0 Å². The highest BCUT2D eigenvalue weighted by molar-refractivity contribution is 5.87. The molecule has 0 amide bonds. The number of benzene rings is 2. The highest BCUT2D eigenvalue weighted by atomic mass is 16.5. The van der Waals surface area contributed by atoms with Crippen LogP contribution in [-0.4, -0.2) is 98.9 Å². The van der Waals surface area contributed by atoms with E-state index in [2.05, 4.69) is 82.9 Å². The smallest absolute Gasteiger partial charge is 0.356 e. The molecule has 0 aliphatic rings. The lowest BCUT2D eigenvalue weighted by molar-refractivity contribution is 0.0594. The number of pyridine rings is 11. The summed E-state index contributed by atoms with van der Waals surface area (Å²) >= 11 is 0. The highest BCUT2D eigenvalue weighted by Gasteiger charge is 2.10. The Bertz CT molecular complexity index is 4910. The third-order valence-corrected chi connectivity index (χ3v) is 14.5. The van der Waals surface area contributed by atoms with Crippen molar-refractivity contribution in [3.63, 3.8) is 0 Å². The van der Waals surface area contributed by atoms with E-state index in [-0.39, 0.29) is 5.56 Å². The molecule has 480 valence electrons. The van der Waals surface area contributed by atoms with Crippen molar-refractivity contribution in [3.05, 3.63) is 294 Å². The molecule has 0 radical (unpaired) electrons. The number of hydrogen-bond donors (Lipinski definition) is 1. The van der Waals surface area contributed by atoms with Gasteiger partial charge in [0.15, 0.2) is 0 Å². The van der Waals surface area contributed by atoms with Crippen molar-refractivity contribution in [2.45, 2.75) is 41.5 Å². The molecule has 0 bridgehead atoms. The molecule has 0 fully saturated rings. The van der Waals surface area contributed by atoms with Crippen molar-refractivity contribution in [2.75, 3.05) is 33.2 Å². The predicted molar refractivity (Wildman–Crippen MR) is 382 cm³/mol. The normalized spacial score (nSPS) is 10.3. The maximum Gasteiger partial charge on any atom is 0.356 e. The van der Waals surface area contributed by atoms with Gasteiger partial charge in [0.1, 0.15) is 11.5 Å². The molecule has 14 rings (SSSR count). The first kappa shape index (κ1) is 68.1. The average molecular weight is 1270 g/mol. The van der Waals surface area contributed by atoms with Crippen LogP contribution in [0.3, 0.4) is 0 Å². The Hall–Kier alpha value is -12.3. The number of aromatic nitrogens is 13. The van der Waals surface area contributed by atoms with E-state index in [1.165, 1.54) is 13.2 Å². The molecule has 18 nitrogen and oxygen atoms in total. The Morgan fingerprint density at radius 1 is 0.427 bits per heavy atom. The van der Waals surface area contributed by atoms with Crippen LogP contribution in [-0.2, 0) is 11.8 Å². The third-order valence-electron chi connectivity index (χ3n) is 14.5. The maximum absolute atomic E-state index is 11.2. The summed E-state index contributed by atoms with van der Waals surface area (Å²) in [6.45, 7) is 11.9. The molecule has 2 aromatic carbocycles. The monoisotopic (exact) mass is 1270 g/mol. The quantitative estimate of drug-likeness (QED) is 0.133. The van der Waals surface area contributed by atoms with E-state index in [0.717, 1.165) is 129 Å². The standard InChI is InChI=1S/C15H12N2O.C14H13N3.C13H15N3.C13H12N2O2.C12H12N2O.C11H10N2/c1-10-3-2-4-13(16-10)11-5-7-14-12(9-11)6-8-15(18)17-14;1-10-4-3-5-13(16-10)11-6-7-14-12(8-11)9-15-17(14)2;1-10-5-4-6-12(15-10)11-7-8-13(14-9-11)16(2)3;1-9-4-3-5-11(15-9)10-6-7-12(14-8-10)13(16)17-2;1-9-4-3-5-11(14-9)10-6-7-12(15-2)13-8-10;1-9-4-2-6-11(13-9)10-5-3-7-12-8-10/h2-9H,1H3,(H,17,18);3-9H,1-2H3;4-9H,1-3H3;3-8H,1-2H3;3-8H,1-2H3;2-8H,1H3. The maximum atomic E-state index is 11.2. The molecular weight excluding hydrogens is 1200 g/mol. The molecule has 0 aliphatic carbocycles. The Morgan fingerprint density at radius 3 is 1.27 bits per heavy atom. The second-order valence-corrected chi connectivity index (χ2v) is 22.2. The van der Waals surface area contributed by atoms with Crippen molar-refractivity contribution in [3.8, 4) is 73.4 Å². The van der Waals surface area contributed by atoms with Crippen LogP contribution < -0.4 is 15.2 Å². The summed E-state index contributed by atoms with van der Waals surface area (Å²) in [5, 5.41) is 6.40. The first-order valence-electron chi connectivity index (χ1n) is 30.8. The summed E-state index contributed by atoms with van der Waals surface area (Å²) in [6.07, 6.45) is 10.7. The number of methoxy groups -OCH3 is 2. The summed E-state index contributed by atoms with van der Waals surface area (Å²) in [5.74, 6) is 1.14. The van der Waals surface area contributed by atoms with E-state index < -0.39 is 5.97 Å². The molecule has 96 heavy (non-hydrogen) atoms. The number of fused-ring (bicyclic) bond motifs is 2. The molecule has 0 spiro atoms. The first-order chi connectivity index (χ1) is 46.5. The van der Waals surface area contributed by atoms with Crippen LogP contribution in [0.25, 0.3) is 89.4 Å². The number of nitrogens with one attached hydrogen (secondary N) is 1. The molecule has 12 aromatic heterocycles. The minimum atomic E-state index is -0.436. The number of nitrogens with zero attached hydrogens (tertiary/aromatic N) is 13. The molecule has 12 heterocycles. The van der Waals surface area contributed by atoms with Crippen molar-refractivity contribution in [1.82, 2.24) is 64.6 Å². The molecule has 0 saturated heterocycles. The molecule has 1 N–H and O–H groups in total. The fraction of sp³-hybridized carbons (Fsp3) is 0.141. The van der Waals surface area contributed by atoms with E-state index in [1.807, 2.05) is 261 Å². The highest BCUT2D eigenvalue weighted by Crippen LogP contribution is 2.26. The SMILES string of the molecule is COC(=O)c1ccc(-c2cccc(C)n2)cn1.COc1ccc(-c2cccc(C)n2)cn1.Cc1cccc(-c2ccc(N(C)C)nc2)n1.Cc1cccc(-c2ccc3[nH]c(=O)ccc3c2)n1.Cc1cccc(-c2ccc3c(cnn3C)c2)n1.Cc1cccc(-c2cccnc2)n1. The Balaban J connectivity index is 0.000000136. The van der Waals surface area contributed by atoms with Gasteiger partial charge in [0.2, 0.25) is 11.4 Å². The number of carbonyl (C=O) groups excluding carboxylic acids is 1. The minimum absolute atomic E-state index is 0.0797. The topological polar surface area (TPSA) is 218 Å². The summed E-state index contributed by atoms with van der Waals surface area (Å²) in [6, 6.07) is 66.5. The lowest BCUT2D eigenvalue weighted by atomic mass is 10.1. The Labute approximate surface area is 558 Å². The Morgan fingerprint density at radius 2 is 0.865 bits per heavy atom. The van der Waals surface area contributed by atoms with Crippen molar-refractivity contribution >= 4 is 33.6 Å². The van der Waals surface area contributed by atoms with E-state index >= 15 is 0 Å². The second kappa shape index (κ2) is 33.3. The lowest BCUT2D eigenvalue weighted by Gasteiger charge is -2.11. The van der Waals surface area contributed by atoms with Gasteiger partial charge in [-0.05, 0) is 193 Å². The van der Waals surface area contributed by atoms with Gasteiger partial charge < -0.3 is 19.4 Å². The van der Waals surface area contributed by atoms with Crippen LogP contribution in [0.4, 0.5) is 5.82 Å². The zero-order valence-corrected chi connectivity index (χ0v) is 55.5. The molecule has 14 aromatic rings. The first-order valence-corrected chi connectivity index (χ1v) is 30.8. The van der Waals surface area contributed by atoms with E-state index in [9.17, 15) is 9.59 Å². The van der Waals surface area contributed by atoms with Crippen LogP contribution in [0.2, 0.25) is 0 Å². The summed E-state index contributed by atoms with van der Waals surface area (Å²) in [5.41, 5.74) is 20.1. The average Bonchev–Trinajstić information content (AvgIpc) is 1.51. The molecular formula is C78H74N14O4. The van der Waals surface area contributed by atoms with Gasteiger partial charge >= 0.3 is 5.97 Å². The van der Waals surface area contributed by atoms with Gasteiger partial charge in [-0.3, -0.25) is 44.4 Å². The van der Waals surface area contributed by atoms with Crippen molar-refractivity contribution in [1.29, 1.82) is 0 Å². The fourth-order valence-electron chi connectivity index (χ4n) is 9.60. The number of hydrogen-bond acceptors (Lipinski definition) is 16. The number of H-pyrrole nitrogens is 1. The van der Waals surface area contributed by atoms with E-state index in [1.54, 1.807) is 37.8 Å². The van der Waals surface area contributed by atoms with E-state index in [0.29, 0.717) is 11.6 Å².